The van der Waals surface area contributed by atoms with Gasteiger partial charge in [0.2, 0.25) is 11.7 Å². The van der Waals surface area contributed by atoms with Crippen molar-refractivity contribution in [2.24, 2.45) is 0 Å². The van der Waals surface area contributed by atoms with E-state index in [4.69, 9.17) is 4.52 Å². The Bertz CT molecular complexity index is 1150. The summed E-state index contributed by atoms with van der Waals surface area (Å²) in [5.41, 5.74) is 1.72. The molecule has 2 saturated heterocycles. The average Bonchev–Trinajstić information content (AvgIpc) is 3.55. The molecule has 8 nitrogen and oxygen atoms in total. The zero-order chi connectivity index (χ0) is 22.2. The highest BCUT2D eigenvalue weighted by molar-refractivity contribution is 7.12. The van der Waals surface area contributed by atoms with E-state index >= 15 is 0 Å². The van der Waals surface area contributed by atoms with Crippen LogP contribution >= 0.6 is 11.3 Å². The fraction of sp³-hybridized carbons (Fsp3) is 0.304. The highest BCUT2D eigenvalue weighted by atomic mass is 32.1. The third-order valence-corrected chi connectivity index (χ3v) is 6.83. The first-order valence-corrected chi connectivity index (χ1v) is 11.4. The van der Waals surface area contributed by atoms with Gasteiger partial charge in [0, 0.05) is 43.5 Å². The molecule has 1 aromatic carbocycles. The second-order valence-corrected chi connectivity index (χ2v) is 8.91. The molecule has 5 rings (SSSR count). The van der Waals surface area contributed by atoms with Crippen molar-refractivity contribution in [1.29, 1.82) is 0 Å². The van der Waals surface area contributed by atoms with Crippen LogP contribution in [0.5, 0.6) is 0 Å². The van der Waals surface area contributed by atoms with Crippen LogP contribution in [0.4, 0.5) is 11.5 Å². The highest BCUT2D eigenvalue weighted by Gasteiger charge is 2.44. The third-order valence-electron chi connectivity index (χ3n) is 5.96. The quantitative estimate of drug-likeness (QED) is 0.436. The Morgan fingerprint density at radius 1 is 1.09 bits per heavy atom. The predicted molar refractivity (Wildman–Crippen MR) is 120 cm³/mol. The lowest BCUT2D eigenvalue weighted by Crippen LogP contribution is -2.52. The molecule has 0 bridgehead atoms. The van der Waals surface area contributed by atoms with Crippen molar-refractivity contribution in [1.82, 2.24) is 10.1 Å². The lowest BCUT2D eigenvalue weighted by atomic mass is 10.1. The number of benzene rings is 1. The number of hydrogen-bond donors (Lipinski definition) is 0. The Labute approximate surface area is 189 Å². The van der Waals surface area contributed by atoms with E-state index in [0.29, 0.717) is 24.4 Å². The largest absolute Gasteiger partial charge is 0.369 e. The maximum absolute atomic E-state index is 12.9. The summed E-state index contributed by atoms with van der Waals surface area (Å²) in [5.74, 6) is 0.360. The number of anilines is 2. The van der Waals surface area contributed by atoms with E-state index in [1.54, 1.807) is 13.0 Å². The minimum atomic E-state index is -0.465. The Kier molecular flexibility index (Phi) is 5.36. The SMILES string of the molecule is Cc1cc(N2C(=O)C[C@@H](N3CCN(c4ccc(C(=O)c5cccs5)cc4)CC3)C2=O)no1. The molecule has 9 heteroatoms. The maximum atomic E-state index is 12.9. The molecule has 3 aromatic rings. The lowest BCUT2D eigenvalue weighted by Gasteiger charge is -2.38. The summed E-state index contributed by atoms with van der Waals surface area (Å²) < 4.78 is 5.02. The topological polar surface area (TPSA) is 87.0 Å². The molecule has 2 aliphatic rings. The van der Waals surface area contributed by atoms with Gasteiger partial charge < -0.3 is 9.42 Å². The lowest BCUT2D eigenvalue weighted by molar-refractivity contribution is -0.123. The van der Waals surface area contributed by atoms with E-state index in [0.717, 1.165) is 28.6 Å². The van der Waals surface area contributed by atoms with E-state index in [1.165, 1.54) is 11.3 Å². The van der Waals surface area contributed by atoms with E-state index in [-0.39, 0.29) is 29.8 Å². The first-order valence-electron chi connectivity index (χ1n) is 10.5. The molecule has 32 heavy (non-hydrogen) atoms. The van der Waals surface area contributed by atoms with Crippen molar-refractivity contribution < 1.29 is 18.9 Å². The normalized spacial score (nSPS) is 19.7. The number of carbonyl (C=O) groups excluding carboxylic acids is 3. The molecular weight excluding hydrogens is 428 g/mol. The summed E-state index contributed by atoms with van der Waals surface area (Å²) in [6.45, 7) is 4.54. The molecular formula is C23H22N4O4S. The number of amides is 2. The van der Waals surface area contributed by atoms with E-state index in [9.17, 15) is 14.4 Å². The molecule has 0 unspecified atom stereocenters. The van der Waals surface area contributed by atoms with Crippen molar-refractivity contribution in [3.05, 3.63) is 64.0 Å². The molecule has 2 amide bonds. The molecule has 0 saturated carbocycles. The zero-order valence-corrected chi connectivity index (χ0v) is 18.4. The first-order chi connectivity index (χ1) is 15.5. The molecule has 2 aliphatic heterocycles. The van der Waals surface area contributed by atoms with Gasteiger partial charge in [-0.3, -0.25) is 19.3 Å². The van der Waals surface area contributed by atoms with E-state index in [2.05, 4.69) is 15.0 Å². The minimum Gasteiger partial charge on any atom is -0.369 e. The van der Waals surface area contributed by atoms with Gasteiger partial charge in [0.25, 0.3) is 5.91 Å². The molecule has 0 aliphatic carbocycles. The Morgan fingerprint density at radius 3 is 2.47 bits per heavy atom. The average molecular weight is 451 g/mol. The summed E-state index contributed by atoms with van der Waals surface area (Å²) in [7, 11) is 0. The number of ketones is 1. The van der Waals surface area contributed by atoms with Crippen LogP contribution in [0.25, 0.3) is 0 Å². The second-order valence-electron chi connectivity index (χ2n) is 7.96. The van der Waals surface area contributed by atoms with Crippen LogP contribution in [-0.2, 0) is 9.59 Å². The summed E-state index contributed by atoms with van der Waals surface area (Å²) in [6, 6.07) is 12.5. The number of piperazine rings is 1. The zero-order valence-electron chi connectivity index (χ0n) is 17.6. The molecule has 0 spiro atoms. The van der Waals surface area contributed by atoms with Gasteiger partial charge in [-0.2, -0.15) is 0 Å². The van der Waals surface area contributed by atoms with Gasteiger partial charge in [-0.1, -0.05) is 11.2 Å². The number of aryl methyl sites for hydroxylation is 1. The van der Waals surface area contributed by atoms with E-state index in [1.807, 2.05) is 41.8 Å². The van der Waals surface area contributed by atoms with Gasteiger partial charge in [-0.05, 0) is 42.6 Å². The summed E-state index contributed by atoms with van der Waals surface area (Å²) in [6.07, 6.45) is 0.157. The molecule has 2 fully saturated rings. The van der Waals surface area contributed by atoms with Crippen LogP contribution in [0.1, 0.15) is 27.4 Å². The number of imide groups is 1. The van der Waals surface area contributed by atoms with Gasteiger partial charge in [0.15, 0.2) is 5.82 Å². The van der Waals surface area contributed by atoms with Gasteiger partial charge in [-0.25, -0.2) is 4.90 Å². The van der Waals surface area contributed by atoms with Crippen LogP contribution in [-0.4, -0.2) is 59.9 Å². The van der Waals surface area contributed by atoms with Gasteiger partial charge >= 0.3 is 0 Å². The number of aromatic nitrogens is 1. The Morgan fingerprint density at radius 2 is 1.84 bits per heavy atom. The third kappa shape index (κ3) is 3.74. The standard InChI is InChI=1S/C23H22N4O4S/c1-15-13-20(24-31-15)27-21(28)14-18(23(27)30)26-10-8-25(9-11-26)17-6-4-16(5-7-17)22(29)19-3-2-12-32-19/h2-7,12-13,18H,8-11,14H2,1H3/t18-/m1/s1. The maximum Gasteiger partial charge on any atom is 0.252 e. The smallest absolute Gasteiger partial charge is 0.252 e. The van der Waals surface area contributed by atoms with E-state index < -0.39 is 6.04 Å². The molecule has 0 N–H and O–H groups in total. The molecule has 1 atom stereocenters. The Hall–Kier alpha value is -3.30. The fourth-order valence-electron chi connectivity index (χ4n) is 4.27. The molecule has 0 radical (unpaired) electrons. The van der Waals surface area contributed by atoms with Crippen molar-refractivity contribution in [2.75, 3.05) is 36.0 Å². The number of nitrogens with zero attached hydrogens (tertiary/aromatic N) is 4. The first kappa shape index (κ1) is 20.6. The summed E-state index contributed by atoms with van der Waals surface area (Å²) in [5, 5.41) is 5.72. The second kappa shape index (κ2) is 8.33. The number of rotatable bonds is 5. The van der Waals surface area contributed by atoms with Crippen molar-refractivity contribution in [3.63, 3.8) is 0 Å². The van der Waals surface area contributed by atoms with Crippen LogP contribution in [0, 0.1) is 6.92 Å². The van der Waals surface area contributed by atoms with Crippen LogP contribution in [0.15, 0.2) is 52.4 Å². The van der Waals surface area contributed by atoms with Gasteiger partial charge in [-0.15, -0.1) is 11.3 Å². The van der Waals surface area contributed by atoms with Crippen LogP contribution in [0.2, 0.25) is 0 Å². The van der Waals surface area contributed by atoms with Crippen LogP contribution in [0.3, 0.4) is 0 Å². The number of thiophene rings is 1. The van der Waals surface area contributed by atoms with Crippen molar-refractivity contribution >= 4 is 40.4 Å². The van der Waals surface area contributed by atoms with Crippen LogP contribution < -0.4 is 9.80 Å². The summed E-state index contributed by atoms with van der Waals surface area (Å²) in [4.78, 5) is 44.0. The van der Waals surface area contributed by atoms with Crippen molar-refractivity contribution in [3.8, 4) is 0 Å². The number of carbonyl (C=O) groups is 3. The minimum absolute atomic E-state index is 0.0349. The van der Waals surface area contributed by atoms with Gasteiger partial charge in [0.05, 0.1) is 17.3 Å². The number of hydrogen-bond acceptors (Lipinski definition) is 8. The Balaban J connectivity index is 1.21. The molecule has 164 valence electrons. The molecule has 2 aromatic heterocycles. The summed E-state index contributed by atoms with van der Waals surface area (Å²) >= 11 is 1.44. The van der Waals surface area contributed by atoms with Gasteiger partial charge in [0.1, 0.15) is 5.76 Å². The van der Waals surface area contributed by atoms with Crippen molar-refractivity contribution in [2.45, 2.75) is 19.4 Å². The predicted octanol–water partition coefficient (Wildman–Crippen LogP) is 2.73. The molecule has 4 heterocycles. The highest BCUT2D eigenvalue weighted by Crippen LogP contribution is 2.27. The monoisotopic (exact) mass is 450 g/mol. The fourth-order valence-corrected chi connectivity index (χ4v) is 4.95.